The van der Waals surface area contributed by atoms with Crippen LogP contribution in [0.15, 0.2) is 35.4 Å². The van der Waals surface area contributed by atoms with E-state index in [2.05, 4.69) is 55.8 Å². The molecule has 31 heavy (non-hydrogen) atoms. The Bertz CT molecular complexity index is 1150. The van der Waals surface area contributed by atoms with Crippen molar-refractivity contribution in [3.8, 4) is 11.5 Å². The smallest absolute Gasteiger partial charge is 0.318 e. The van der Waals surface area contributed by atoms with Crippen LogP contribution in [-0.2, 0) is 12.8 Å². The van der Waals surface area contributed by atoms with Crippen LogP contribution in [0.1, 0.15) is 29.4 Å². The van der Waals surface area contributed by atoms with Gasteiger partial charge in [-0.1, -0.05) is 10.3 Å². The van der Waals surface area contributed by atoms with Crippen LogP contribution in [0.25, 0.3) is 11.5 Å². The SMILES string of the molecule is c1cnc2c(n1)CC(Nc1ncc(-c3nnc(N4CCC(c5c[nH]nn5)C4)o3)cn1)C2. The number of nitrogens with zero attached hydrogens (tertiary/aromatic N) is 9. The Balaban J connectivity index is 1.10. The standard InChI is InChI=1S/C19H19N11O/c1-4-30(10-11(1)16-9-24-29-26-16)19-28-27-17(31-19)12-7-22-18(23-8-12)25-13-5-14-15(6-13)21-3-2-20-14/h2-3,7-9,11,13H,1,4-6,10H2,(H,22,23,25)(H,24,26,29). The second-order valence-corrected chi connectivity index (χ2v) is 7.71. The topological polar surface area (TPSA) is 147 Å². The molecule has 0 bridgehead atoms. The minimum atomic E-state index is 0.186. The molecular weight excluding hydrogens is 398 g/mol. The van der Waals surface area contributed by atoms with E-state index in [1.165, 1.54) is 0 Å². The minimum absolute atomic E-state index is 0.186. The van der Waals surface area contributed by atoms with Crippen molar-refractivity contribution in [3.05, 3.63) is 48.1 Å². The van der Waals surface area contributed by atoms with Crippen LogP contribution in [-0.4, -0.2) is 64.7 Å². The Morgan fingerprint density at radius 1 is 1.00 bits per heavy atom. The van der Waals surface area contributed by atoms with Crippen LogP contribution in [0.5, 0.6) is 0 Å². The molecule has 1 fully saturated rings. The van der Waals surface area contributed by atoms with Crippen molar-refractivity contribution in [2.24, 2.45) is 0 Å². The molecule has 156 valence electrons. The summed E-state index contributed by atoms with van der Waals surface area (Å²) < 4.78 is 5.88. The van der Waals surface area contributed by atoms with Gasteiger partial charge in [0.25, 0.3) is 5.89 Å². The van der Waals surface area contributed by atoms with Crippen molar-refractivity contribution in [3.63, 3.8) is 0 Å². The minimum Gasteiger partial charge on any atom is -0.403 e. The molecule has 0 saturated carbocycles. The lowest BCUT2D eigenvalue weighted by Crippen LogP contribution is -2.21. The second-order valence-electron chi connectivity index (χ2n) is 7.71. The highest BCUT2D eigenvalue weighted by atomic mass is 16.4. The summed E-state index contributed by atoms with van der Waals surface area (Å²) in [5.74, 6) is 1.25. The van der Waals surface area contributed by atoms with E-state index in [4.69, 9.17) is 4.42 Å². The summed E-state index contributed by atoms with van der Waals surface area (Å²) >= 11 is 0. The van der Waals surface area contributed by atoms with Crippen LogP contribution in [0.3, 0.4) is 0 Å². The van der Waals surface area contributed by atoms with Crippen LogP contribution >= 0.6 is 0 Å². The third kappa shape index (κ3) is 3.45. The van der Waals surface area contributed by atoms with Gasteiger partial charge in [-0.25, -0.2) is 9.97 Å². The summed E-state index contributed by atoms with van der Waals surface area (Å²) in [6.07, 6.45) is 11.2. The summed E-state index contributed by atoms with van der Waals surface area (Å²) in [5.41, 5.74) is 3.69. The van der Waals surface area contributed by atoms with E-state index in [9.17, 15) is 0 Å². The molecule has 4 aromatic rings. The highest BCUT2D eigenvalue weighted by molar-refractivity contribution is 5.52. The number of aromatic nitrogens is 9. The number of aromatic amines is 1. The molecule has 2 N–H and O–H groups in total. The molecule has 2 aliphatic rings. The van der Waals surface area contributed by atoms with Gasteiger partial charge in [0.2, 0.25) is 5.95 Å². The third-order valence-electron chi connectivity index (χ3n) is 5.70. The van der Waals surface area contributed by atoms with Crippen molar-refractivity contribution >= 4 is 12.0 Å². The average molecular weight is 417 g/mol. The van der Waals surface area contributed by atoms with Crippen molar-refractivity contribution < 1.29 is 4.42 Å². The molecule has 0 aromatic carbocycles. The number of hydrogen-bond donors (Lipinski definition) is 2. The van der Waals surface area contributed by atoms with E-state index in [-0.39, 0.29) is 6.04 Å². The predicted molar refractivity (Wildman–Crippen MR) is 108 cm³/mol. The quantitative estimate of drug-likeness (QED) is 0.479. The Morgan fingerprint density at radius 3 is 2.55 bits per heavy atom. The first-order chi connectivity index (χ1) is 15.3. The Hall–Kier alpha value is -3.96. The van der Waals surface area contributed by atoms with Gasteiger partial charge >= 0.3 is 6.01 Å². The average Bonchev–Trinajstić information content (AvgIpc) is 3.60. The molecule has 1 unspecified atom stereocenters. The number of fused-ring (bicyclic) bond motifs is 1. The molecule has 1 atom stereocenters. The first kappa shape index (κ1) is 17.9. The van der Waals surface area contributed by atoms with Gasteiger partial charge in [-0.3, -0.25) is 15.1 Å². The molecular formula is C19H19N11O. The van der Waals surface area contributed by atoms with E-state index in [0.717, 1.165) is 49.4 Å². The second kappa shape index (κ2) is 7.38. The van der Waals surface area contributed by atoms with Gasteiger partial charge in [0.1, 0.15) is 0 Å². The fourth-order valence-corrected chi connectivity index (χ4v) is 4.12. The number of anilines is 2. The molecule has 5 heterocycles. The number of nitrogens with one attached hydrogen (secondary N) is 2. The monoisotopic (exact) mass is 417 g/mol. The molecule has 12 nitrogen and oxygen atoms in total. The fraction of sp³-hybridized carbons (Fsp3) is 0.368. The number of H-pyrrole nitrogens is 1. The maximum Gasteiger partial charge on any atom is 0.318 e. The highest BCUT2D eigenvalue weighted by Gasteiger charge is 2.29. The van der Waals surface area contributed by atoms with Crippen LogP contribution in [0, 0.1) is 0 Å². The Labute approximate surface area is 176 Å². The summed E-state index contributed by atoms with van der Waals surface area (Å²) in [4.78, 5) is 19.6. The molecule has 1 saturated heterocycles. The summed E-state index contributed by atoms with van der Waals surface area (Å²) in [5, 5.41) is 22.4. The van der Waals surface area contributed by atoms with E-state index >= 15 is 0 Å². The maximum absolute atomic E-state index is 5.88. The van der Waals surface area contributed by atoms with Crippen LogP contribution in [0.4, 0.5) is 12.0 Å². The van der Waals surface area contributed by atoms with Crippen molar-refractivity contribution in [2.75, 3.05) is 23.3 Å². The van der Waals surface area contributed by atoms with Crippen molar-refractivity contribution in [1.82, 2.24) is 45.5 Å². The van der Waals surface area contributed by atoms with E-state index in [1.54, 1.807) is 24.8 Å². The lowest BCUT2D eigenvalue weighted by Gasteiger charge is -2.12. The highest BCUT2D eigenvalue weighted by Crippen LogP contribution is 2.30. The van der Waals surface area contributed by atoms with Gasteiger partial charge < -0.3 is 14.6 Å². The van der Waals surface area contributed by atoms with Gasteiger partial charge in [-0.15, -0.1) is 10.2 Å². The zero-order valence-corrected chi connectivity index (χ0v) is 16.5. The Morgan fingerprint density at radius 2 is 1.81 bits per heavy atom. The summed E-state index contributed by atoms with van der Waals surface area (Å²) in [6, 6.07) is 0.679. The normalized spacial score (nSPS) is 18.5. The Kier molecular flexibility index (Phi) is 4.25. The first-order valence-corrected chi connectivity index (χ1v) is 10.1. The molecule has 1 aliphatic carbocycles. The zero-order chi connectivity index (χ0) is 20.6. The summed E-state index contributed by atoms with van der Waals surface area (Å²) in [7, 11) is 0. The molecule has 0 amide bonds. The first-order valence-electron chi connectivity index (χ1n) is 10.1. The molecule has 0 spiro atoms. The predicted octanol–water partition coefficient (Wildman–Crippen LogP) is 1.01. The number of hydrogen-bond acceptors (Lipinski definition) is 11. The third-order valence-corrected chi connectivity index (χ3v) is 5.70. The van der Waals surface area contributed by atoms with Crippen LogP contribution in [0.2, 0.25) is 0 Å². The molecule has 0 radical (unpaired) electrons. The van der Waals surface area contributed by atoms with Gasteiger partial charge in [0, 0.05) is 68.9 Å². The van der Waals surface area contributed by atoms with E-state index in [0.29, 0.717) is 29.3 Å². The molecule has 4 aromatic heterocycles. The largest absolute Gasteiger partial charge is 0.403 e. The summed E-state index contributed by atoms with van der Waals surface area (Å²) in [6.45, 7) is 1.59. The maximum atomic E-state index is 5.88. The van der Waals surface area contributed by atoms with Gasteiger partial charge in [-0.05, 0) is 6.42 Å². The number of rotatable bonds is 5. The lowest BCUT2D eigenvalue weighted by atomic mass is 10.1. The zero-order valence-electron chi connectivity index (χ0n) is 16.5. The molecule has 1 aliphatic heterocycles. The van der Waals surface area contributed by atoms with Gasteiger partial charge in [0.15, 0.2) is 0 Å². The van der Waals surface area contributed by atoms with Crippen molar-refractivity contribution in [2.45, 2.75) is 31.2 Å². The van der Waals surface area contributed by atoms with E-state index < -0.39 is 0 Å². The van der Waals surface area contributed by atoms with E-state index in [1.807, 2.05) is 6.20 Å². The molecule has 12 heteroatoms. The van der Waals surface area contributed by atoms with Crippen molar-refractivity contribution in [1.29, 1.82) is 0 Å². The molecule has 6 rings (SSSR count). The van der Waals surface area contributed by atoms with Crippen LogP contribution < -0.4 is 10.2 Å². The lowest BCUT2D eigenvalue weighted by molar-refractivity contribution is 0.555. The van der Waals surface area contributed by atoms with Gasteiger partial charge in [-0.2, -0.15) is 0 Å². The fourth-order valence-electron chi connectivity index (χ4n) is 4.12. The van der Waals surface area contributed by atoms with Gasteiger partial charge in [0.05, 0.1) is 22.6 Å².